The number of carbonyl (C=O) groups is 4. The molecule has 0 spiro atoms. The lowest BCUT2D eigenvalue weighted by Gasteiger charge is -2.17. The van der Waals surface area contributed by atoms with Gasteiger partial charge in [0.15, 0.2) is 12.2 Å². The van der Waals surface area contributed by atoms with Crippen LogP contribution < -0.4 is 0 Å². The Morgan fingerprint density at radius 2 is 1.00 bits per heavy atom. The minimum Gasteiger partial charge on any atom is -0.382 e. The van der Waals surface area contributed by atoms with Gasteiger partial charge in [-0.05, 0) is 0 Å². The van der Waals surface area contributed by atoms with E-state index >= 15 is 0 Å². The van der Waals surface area contributed by atoms with Gasteiger partial charge in [-0.25, -0.2) is 0 Å². The molecule has 1 saturated carbocycles. The predicted molar refractivity (Wildman–Crippen MR) is 32.0 cm³/mol. The summed E-state index contributed by atoms with van der Waals surface area (Å²) in [6.07, 6.45) is -4.19. The van der Waals surface area contributed by atoms with Crippen LogP contribution in [0.3, 0.4) is 0 Å². The maximum Gasteiger partial charge on any atom is 0.275 e. The molecule has 0 bridgehead atoms. The molecule has 2 N–H and O–H groups in total. The van der Waals surface area contributed by atoms with Crippen LogP contribution in [0.25, 0.3) is 0 Å². The van der Waals surface area contributed by atoms with Crippen LogP contribution in [0.1, 0.15) is 0 Å². The van der Waals surface area contributed by atoms with Gasteiger partial charge in [-0.1, -0.05) is 0 Å². The summed E-state index contributed by atoms with van der Waals surface area (Å²) in [5.41, 5.74) is 0. The van der Waals surface area contributed by atoms with Gasteiger partial charge in [0, 0.05) is 0 Å². The third-order valence-corrected chi connectivity index (χ3v) is 1.49. The van der Waals surface area contributed by atoms with Gasteiger partial charge in [-0.15, -0.1) is 0 Å². The Morgan fingerprint density at radius 1 is 0.750 bits per heavy atom. The molecule has 0 aromatic carbocycles. The summed E-state index contributed by atoms with van der Waals surface area (Å²) >= 11 is 0. The van der Waals surface area contributed by atoms with Gasteiger partial charge in [0.05, 0.1) is 0 Å². The van der Waals surface area contributed by atoms with E-state index in [0.29, 0.717) is 0 Å². The zero-order valence-electron chi connectivity index (χ0n) is 5.68. The molecule has 6 nitrogen and oxygen atoms in total. The third kappa shape index (κ3) is 0.973. The second-order valence-electron chi connectivity index (χ2n) is 2.28. The van der Waals surface area contributed by atoms with E-state index in [4.69, 9.17) is 10.2 Å². The van der Waals surface area contributed by atoms with Crippen molar-refractivity contribution in [1.82, 2.24) is 0 Å². The zero-order valence-corrected chi connectivity index (χ0v) is 5.68. The summed E-state index contributed by atoms with van der Waals surface area (Å²) < 4.78 is 0. The Bertz CT molecular complexity index is 260. The Balaban J connectivity index is 3.07. The first kappa shape index (κ1) is 8.69. The molecular weight excluding hydrogens is 168 g/mol. The highest BCUT2D eigenvalue weighted by Crippen LogP contribution is 2.06. The molecule has 1 aliphatic rings. The van der Waals surface area contributed by atoms with E-state index in [9.17, 15) is 19.2 Å². The van der Waals surface area contributed by atoms with E-state index in [0.717, 1.165) is 0 Å². The minimum absolute atomic E-state index is 1.44. The smallest absolute Gasteiger partial charge is 0.275 e. The first-order chi connectivity index (χ1) is 5.46. The van der Waals surface area contributed by atoms with Crippen LogP contribution in [0.4, 0.5) is 0 Å². The molecule has 0 aromatic rings. The van der Waals surface area contributed by atoms with Gasteiger partial charge < -0.3 is 10.2 Å². The number of hydrogen-bond donors (Lipinski definition) is 2. The van der Waals surface area contributed by atoms with Gasteiger partial charge in [-0.2, -0.15) is 0 Å². The lowest BCUT2D eigenvalue weighted by molar-refractivity contribution is -0.162. The molecule has 64 valence electrons. The molecule has 1 fully saturated rings. The van der Waals surface area contributed by atoms with Crippen molar-refractivity contribution in [2.75, 3.05) is 0 Å². The van der Waals surface area contributed by atoms with Crippen LogP contribution >= 0.6 is 0 Å². The number of carbonyl (C=O) groups excluding carboxylic acids is 4. The fourth-order valence-corrected chi connectivity index (χ4v) is 0.779. The molecule has 0 aromatic heterocycles. The van der Waals surface area contributed by atoms with E-state index in [1.807, 2.05) is 0 Å². The molecule has 1 aliphatic carbocycles. The fourth-order valence-electron chi connectivity index (χ4n) is 0.779. The second-order valence-corrected chi connectivity index (χ2v) is 2.28. The maximum atomic E-state index is 10.6. The third-order valence-electron chi connectivity index (χ3n) is 1.49. The van der Waals surface area contributed by atoms with Crippen molar-refractivity contribution in [3.05, 3.63) is 0 Å². The SMILES string of the molecule is O=C1C(=O)C(=O)C(O)C(O)C1=O. The van der Waals surface area contributed by atoms with Crippen molar-refractivity contribution in [2.24, 2.45) is 0 Å². The molecule has 0 heterocycles. The first-order valence-corrected chi connectivity index (χ1v) is 2.99. The Hall–Kier alpha value is -1.40. The minimum atomic E-state index is -2.09. The van der Waals surface area contributed by atoms with Crippen LogP contribution in [0, 0.1) is 0 Å². The van der Waals surface area contributed by atoms with E-state index in [-0.39, 0.29) is 0 Å². The summed E-state index contributed by atoms with van der Waals surface area (Å²) in [7, 11) is 0. The van der Waals surface area contributed by atoms with Crippen molar-refractivity contribution in [3.8, 4) is 0 Å². The van der Waals surface area contributed by atoms with Gasteiger partial charge >= 0.3 is 0 Å². The zero-order chi connectivity index (χ0) is 9.46. The van der Waals surface area contributed by atoms with E-state index in [2.05, 4.69) is 0 Å². The molecule has 0 amide bonds. The second kappa shape index (κ2) is 2.58. The highest BCUT2D eigenvalue weighted by molar-refractivity contribution is 6.81. The maximum absolute atomic E-state index is 10.6. The highest BCUT2D eigenvalue weighted by atomic mass is 16.3. The Labute approximate surface area is 65.8 Å². The van der Waals surface area contributed by atoms with Crippen molar-refractivity contribution >= 4 is 23.1 Å². The number of Topliss-reactive ketones (excluding diaryl/α,β-unsaturated/α-hetero) is 4. The lowest BCUT2D eigenvalue weighted by atomic mass is 9.90. The molecule has 0 radical (unpaired) electrons. The van der Waals surface area contributed by atoms with Crippen molar-refractivity contribution in [2.45, 2.75) is 12.2 Å². The molecule has 2 atom stereocenters. The van der Waals surface area contributed by atoms with Crippen molar-refractivity contribution in [3.63, 3.8) is 0 Å². The van der Waals surface area contributed by atoms with Gasteiger partial charge in [0.25, 0.3) is 11.6 Å². The van der Waals surface area contributed by atoms with Crippen LogP contribution in [0.5, 0.6) is 0 Å². The predicted octanol–water partition coefficient (Wildman–Crippen LogP) is -3.00. The van der Waals surface area contributed by atoms with Gasteiger partial charge in [-0.3, -0.25) is 19.2 Å². The van der Waals surface area contributed by atoms with Gasteiger partial charge in [0.2, 0.25) is 11.6 Å². The molecule has 2 unspecified atom stereocenters. The van der Waals surface area contributed by atoms with Crippen molar-refractivity contribution in [1.29, 1.82) is 0 Å². The standard InChI is InChI=1S/C6H4O6/c7-1-2(8)4(10)6(12)5(11)3(1)9/h1-2,7-8H. The van der Waals surface area contributed by atoms with E-state index < -0.39 is 35.3 Å². The van der Waals surface area contributed by atoms with Crippen LogP contribution in [-0.4, -0.2) is 45.6 Å². The molecule has 0 aliphatic heterocycles. The summed E-state index contributed by atoms with van der Waals surface area (Å²) in [6.45, 7) is 0. The Kier molecular flexibility index (Phi) is 1.87. The number of rotatable bonds is 0. The van der Waals surface area contributed by atoms with Crippen LogP contribution in [0.2, 0.25) is 0 Å². The summed E-state index contributed by atoms with van der Waals surface area (Å²) in [5.74, 6) is -6.02. The van der Waals surface area contributed by atoms with Crippen molar-refractivity contribution < 1.29 is 29.4 Å². The quantitative estimate of drug-likeness (QED) is 0.377. The number of aliphatic hydroxyl groups excluding tert-OH is 2. The monoisotopic (exact) mass is 172 g/mol. The highest BCUT2D eigenvalue weighted by Gasteiger charge is 2.47. The lowest BCUT2D eigenvalue weighted by Crippen LogP contribution is -2.54. The topological polar surface area (TPSA) is 109 Å². The Morgan fingerprint density at radius 3 is 1.25 bits per heavy atom. The molecule has 12 heavy (non-hydrogen) atoms. The molecule has 1 rings (SSSR count). The first-order valence-electron chi connectivity index (χ1n) is 2.99. The van der Waals surface area contributed by atoms with E-state index in [1.165, 1.54) is 0 Å². The average molecular weight is 172 g/mol. The number of aliphatic hydroxyl groups is 2. The molecule has 0 saturated heterocycles. The number of hydrogen-bond acceptors (Lipinski definition) is 6. The number of ketones is 4. The van der Waals surface area contributed by atoms with Crippen LogP contribution in [-0.2, 0) is 19.2 Å². The largest absolute Gasteiger partial charge is 0.382 e. The summed E-state index contributed by atoms with van der Waals surface area (Å²) in [6, 6.07) is 0. The van der Waals surface area contributed by atoms with E-state index in [1.54, 1.807) is 0 Å². The molecular formula is C6H4O6. The normalized spacial score (nSPS) is 31.2. The van der Waals surface area contributed by atoms with Gasteiger partial charge in [0.1, 0.15) is 0 Å². The fraction of sp³-hybridized carbons (Fsp3) is 0.333. The average Bonchev–Trinajstić information content (AvgIpc) is 2.08. The van der Waals surface area contributed by atoms with Crippen LogP contribution in [0.15, 0.2) is 0 Å². The summed E-state index contributed by atoms with van der Waals surface area (Å²) in [5, 5.41) is 17.4. The summed E-state index contributed by atoms with van der Waals surface area (Å²) in [4.78, 5) is 42.1. The molecule has 6 heteroatoms.